The normalized spacial score (nSPS) is 16.1. The van der Waals surface area contributed by atoms with E-state index in [2.05, 4.69) is 10.3 Å². The van der Waals surface area contributed by atoms with E-state index in [1.54, 1.807) is 20.1 Å². The van der Waals surface area contributed by atoms with E-state index in [-0.39, 0.29) is 11.9 Å². The summed E-state index contributed by atoms with van der Waals surface area (Å²) in [5.41, 5.74) is -0.0462. The van der Waals surface area contributed by atoms with E-state index in [9.17, 15) is 9.50 Å². The van der Waals surface area contributed by atoms with Crippen molar-refractivity contribution in [2.45, 2.75) is 38.3 Å². The quantitative estimate of drug-likeness (QED) is 0.759. The SMILES string of the molecule is CCC(NCC(C)(O)CCOC)c1ccc(F)cn1. The van der Waals surface area contributed by atoms with Crippen LogP contribution in [0.3, 0.4) is 0 Å². The molecule has 0 spiro atoms. The fourth-order valence-electron chi connectivity index (χ4n) is 1.80. The van der Waals surface area contributed by atoms with Gasteiger partial charge in [-0.2, -0.15) is 0 Å². The van der Waals surface area contributed by atoms with Crippen molar-refractivity contribution in [3.05, 3.63) is 29.8 Å². The summed E-state index contributed by atoms with van der Waals surface area (Å²) in [6.45, 7) is 4.74. The van der Waals surface area contributed by atoms with Gasteiger partial charge in [-0.15, -0.1) is 0 Å². The maximum Gasteiger partial charge on any atom is 0.141 e. The van der Waals surface area contributed by atoms with Crippen LogP contribution in [-0.2, 0) is 4.74 Å². The van der Waals surface area contributed by atoms with Crippen LogP contribution in [0.5, 0.6) is 0 Å². The fourth-order valence-corrected chi connectivity index (χ4v) is 1.80. The summed E-state index contributed by atoms with van der Waals surface area (Å²) in [5, 5.41) is 13.4. The van der Waals surface area contributed by atoms with Gasteiger partial charge in [0.05, 0.1) is 17.5 Å². The number of halogens is 1. The number of methoxy groups -OCH3 is 1. The van der Waals surface area contributed by atoms with E-state index in [0.717, 1.165) is 12.1 Å². The molecule has 1 heterocycles. The molecule has 0 radical (unpaired) electrons. The van der Waals surface area contributed by atoms with Gasteiger partial charge in [-0.25, -0.2) is 4.39 Å². The molecule has 19 heavy (non-hydrogen) atoms. The predicted molar refractivity (Wildman–Crippen MR) is 72.3 cm³/mol. The number of aromatic nitrogens is 1. The second kappa shape index (κ2) is 7.53. The first-order valence-electron chi connectivity index (χ1n) is 6.54. The Kier molecular flexibility index (Phi) is 6.34. The lowest BCUT2D eigenvalue weighted by atomic mass is 10.0. The summed E-state index contributed by atoms with van der Waals surface area (Å²) in [6.07, 6.45) is 2.59. The number of hydrogen-bond acceptors (Lipinski definition) is 4. The van der Waals surface area contributed by atoms with Crippen molar-refractivity contribution < 1.29 is 14.2 Å². The van der Waals surface area contributed by atoms with Crippen LogP contribution < -0.4 is 5.32 Å². The third kappa shape index (κ3) is 5.63. The highest BCUT2D eigenvalue weighted by Gasteiger charge is 2.22. The van der Waals surface area contributed by atoms with Gasteiger partial charge in [0.25, 0.3) is 0 Å². The van der Waals surface area contributed by atoms with Crippen molar-refractivity contribution in [3.63, 3.8) is 0 Å². The molecular formula is C14H23FN2O2. The summed E-state index contributed by atoms with van der Waals surface area (Å²) in [4.78, 5) is 4.07. The minimum atomic E-state index is -0.830. The molecule has 1 aromatic rings. The van der Waals surface area contributed by atoms with Crippen molar-refractivity contribution in [2.24, 2.45) is 0 Å². The monoisotopic (exact) mass is 270 g/mol. The maximum absolute atomic E-state index is 12.8. The molecule has 0 aliphatic heterocycles. The highest BCUT2D eigenvalue weighted by atomic mass is 19.1. The molecule has 2 unspecified atom stereocenters. The van der Waals surface area contributed by atoms with E-state index in [1.165, 1.54) is 12.3 Å². The standard InChI is InChI=1S/C14H23FN2O2/c1-4-12(13-6-5-11(15)9-16-13)17-10-14(2,18)7-8-19-3/h5-6,9,12,17-18H,4,7-8,10H2,1-3H3. The van der Waals surface area contributed by atoms with Gasteiger partial charge in [-0.3, -0.25) is 4.98 Å². The first-order chi connectivity index (χ1) is 8.98. The molecule has 108 valence electrons. The van der Waals surface area contributed by atoms with E-state index < -0.39 is 5.60 Å². The van der Waals surface area contributed by atoms with Crippen molar-refractivity contribution in [3.8, 4) is 0 Å². The van der Waals surface area contributed by atoms with Gasteiger partial charge in [0.1, 0.15) is 5.82 Å². The Bertz CT molecular complexity index is 368. The first kappa shape index (κ1) is 16.0. The summed E-state index contributed by atoms with van der Waals surface area (Å²) < 4.78 is 17.8. The highest BCUT2D eigenvalue weighted by Crippen LogP contribution is 2.16. The van der Waals surface area contributed by atoms with Crippen molar-refractivity contribution >= 4 is 0 Å². The van der Waals surface area contributed by atoms with Gasteiger partial charge in [0.15, 0.2) is 0 Å². The number of nitrogens with one attached hydrogen (secondary N) is 1. The van der Waals surface area contributed by atoms with Crippen LogP contribution in [0.25, 0.3) is 0 Å². The van der Waals surface area contributed by atoms with Gasteiger partial charge < -0.3 is 15.2 Å². The van der Waals surface area contributed by atoms with Crippen molar-refractivity contribution in [1.29, 1.82) is 0 Å². The molecule has 0 saturated heterocycles. The zero-order valence-electron chi connectivity index (χ0n) is 11.8. The minimum Gasteiger partial charge on any atom is -0.389 e. The number of pyridine rings is 1. The molecule has 0 bridgehead atoms. The van der Waals surface area contributed by atoms with Gasteiger partial charge in [-0.05, 0) is 25.5 Å². The molecule has 0 saturated carbocycles. The molecule has 2 atom stereocenters. The Morgan fingerprint density at radius 3 is 2.79 bits per heavy atom. The van der Waals surface area contributed by atoms with Crippen LogP contribution in [0, 0.1) is 5.82 Å². The Labute approximate surface area is 114 Å². The van der Waals surface area contributed by atoms with Crippen LogP contribution in [-0.4, -0.2) is 36.0 Å². The molecule has 2 N–H and O–H groups in total. The van der Waals surface area contributed by atoms with E-state index in [4.69, 9.17) is 4.74 Å². The lowest BCUT2D eigenvalue weighted by molar-refractivity contribution is 0.0225. The second-order valence-corrected chi connectivity index (χ2v) is 4.98. The average Bonchev–Trinajstić information content (AvgIpc) is 2.39. The van der Waals surface area contributed by atoms with Crippen LogP contribution in [0.2, 0.25) is 0 Å². The molecule has 5 heteroatoms. The molecule has 0 amide bonds. The third-order valence-corrected chi connectivity index (χ3v) is 3.09. The molecular weight excluding hydrogens is 247 g/mol. The number of ether oxygens (including phenoxy) is 1. The number of rotatable bonds is 8. The van der Waals surface area contributed by atoms with Crippen LogP contribution in [0.4, 0.5) is 4.39 Å². The molecule has 0 fully saturated rings. The number of nitrogens with zero attached hydrogens (tertiary/aromatic N) is 1. The summed E-state index contributed by atoms with van der Waals surface area (Å²) in [5.74, 6) is -0.342. The lowest BCUT2D eigenvalue weighted by Gasteiger charge is -2.26. The van der Waals surface area contributed by atoms with Gasteiger partial charge in [-0.1, -0.05) is 6.92 Å². The molecule has 1 rings (SSSR count). The number of hydrogen-bond donors (Lipinski definition) is 2. The fraction of sp³-hybridized carbons (Fsp3) is 0.643. The molecule has 1 aromatic heterocycles. The van der Waals surface area contributed by atoms with Gasteiger partial charge in [0, 0.05) is 32.7 Å². The second-order valence-electron chi connectivity index (χ2n) is 4.98. The summed E-state index contributed by atoms with van der Waals surface area (Å²) >= 11 is 0. The smallest absolute Gasteiger partial charge is 0.141 e. The van der Waals surface area contributed by atoms with E-state index >= 15 is 0 Å². The molecule has 4 nitrogen and oxygen atoms in total. The third-order valence-electron chi connectivity index (χ3n) is 3.09. The van der Waals surface area contributed by atoms with Crippen LogP contribution in [0.1, 0.15) is 38.4 Å². The minimum absolute atomic E-state index is 0.00891. The Hall–Kier alpha value is -1.04. The average molecular weight is 270 g/mol. The van der Waals surface area contributed by atoms with Crippen LogP contribution in [0.15, 0.2) is 18.3 Å². The van der Waals surface area contributed by atoms with Crippen LogP contribution >= 0.6 is 0 Å². The molecule has 0 aliphatic carbocycles. The topological polar surface area (TPSA) is 54.4 Å². The largest absolute Gasteiger partial charge is 0.389 e. The van der Waals surface area contributed by atoms with E-state index in [0.29, 0.717) is 19.6 Å². The molecule has 0 aliphatic rings. The highest BCUT2D eigenvalue weighted by molar-refractivity contribution is 5.09. The maximum atomic E-state index is 12.8. The van der Waals surface area contributed by atoms with E-state index in [1.807, 2.05) is 6.92 Å². The van der Waals surface area contributed by atoms with Gasteiger partial charge in [0.2, 0.25) is 0 Å². The Morgan fingerprint density at radius 2 is 2.26 bits per heavy atom. The zero-order valence-corrected chi connectivity index (χ0v) is 11.8. The summed E-state index contributed by atoms with van der Waals surface area (Å²) in [6, 6.07) is 3.07. The zero-order chi connectivity index (χ0) is 14.3. The number of aliphatic hydroxyl groups is 1. The predicted octanol–water partition coefficient (Wildman–Crippen LogP) is 2.05. The summed E-state index contributed by atoms with van der Waals surface area (Å²) in [7, 11) is 1.61. The first-order valence-corrected chi connectivity index (χ1v) is 6.54. The van der Waals surface area contributed by atoms with Crippen molar-refractivity contribution in [2.75, 3.05) is 20.3 Å². The lowest BCUT2D eigenvalue weighted by Crippen LogP contribution is -2.40. The Balaban J connectivity index is 2.55. The Morgan fingerprint density at radius 1 is 1.53 bits per heavy atom. The van der Waals surface area contributed by atoms with Crippen molar-refractivity contribution in [1.82, 2.24) is 10.3 Å². The molecule has 0 aromatic carbocycles. The van der Waals surface area contributed by atoms with Gasteiger partial charge >= 0.3 is 0 Å².